The van der Waals surface area contributed by atoms with E-state index in [0.717, 1.165) is 30.6 Å². The molecule has 2 saturated heterocycles. The van der Waals surface area contributed by atoms with Crippen LogP contribution in [0.5, 0.6) is 6.01 Å². The van der Waals surface area contributed by atoms with Crippen LogP contribution in [0.25, 0.3) is 5.82 Å². The summed E-state index contributed by atoms with van der Waals surface area (Å²) in [5.74, 6) is -0.880. The molecule has 0 atom stereocenters. The van der Waals surface area contributed by atoms with E-state index in [4.69, 9.17) is 16.3 Å². The number of alkyl halides is 3. The Labute approximate surface area is 283 Å². The number of halogens is 4. The fraction of sp³-hybridized carbons (Fsp3) is 0.387. The number of amides is 3. The molecule has 6 rings (SSSR count). The van der Waals surface area contributed by atoms with Crippen LogP contribution in [0.1, 0.15) is 50.8 Å². The minimum Gasteiger partial charge on any atom is -0.467 e. The van der Waals surface area contributed by atoms with Crippen molar-refractivity contribution in [3.05, 3.63) is 76.2 Å². The SMILES string of the molecule is COc1nccc(-n2cc(Cc3cnc(C(=O)Nc4ccc(C(=O)N5CCN(C(=O)C6CCNCC6)CC5)c(Cl)c4)[nH]3)c(C(F)(F)F)n2)n1. The van der Waals surface area contributed by atoms with Crippen molar-refractivity contribution < 1.29 is 32.3 Å². The molecule has 3 amide bonds. The molecule has 14 nitrogen and oxygen atoms in total. The number of nitrogens with zero attached hydrogens (tertiary/aromatic N) is 7. The number of hydrogen-bond acceptors (Lipinski definition) is 9. The van der Waals surface area contributed by atoms with Crippen molar-refractivity contribution >= 4 is 35.0 Å². The first-order chi connectivity index (χ1) is 23.5. The quantitative estimate of drug-likeness (QED) is 0.251. The van der Waals surface area contributed by atoms with Gasteiger partial charge in [-0.2, -0.15) is 23.3 Å². The highest BCUT2D eigenvalue weighted by Gasteiger charge is 2.37. The van der Waals surface area contributed by atoms with Crippen LogP contribution < -0.4 is 15.4 Å². The number of hydrogen-bond donors (Lipinski definition) is 3. The van der Waals surface area contributed by atoms with Crippen LogP contribution in [0.3, 0.4) is 0 Å². The maximum atomic E-state index is 13.9. The zero-order chi connectivity index (χ0) is 34.7. The molecule has 0 unspecified atom stereocenters. The Morgan fingerprint density at radius 2 is 1.80 bits per heavy atom. The number of aromatic nitrogens is 6. The van der Waals surface area contributed by atoms with Gasteiger partial charge in [-0.3, -0.25) is 14.4 Å². The summed E-state index contributed by atoms with van der Waals surface area (Å²) < 4.78 is 47.5. The average molecular weight is 701 g/mol. The monoisotopic (exact) mass is 700 g/mol. The number of piperazine rings is 1. The molecule has 1 aromatic carbocycles. The highest BCUT2D eigenvalue weighted by Crippen LogP contribution is 2.32. The van der Waals surface area contributed by atoms with Crippen molar-refractivity contribution in [2.75, 3.05) is 51.7 Å². The van der Waals surface area contributed by atoms with Gasteiger partial charge >= 0.3 is 12.2 Å². The fourth-order valence-electron chi connectivity index (χ4n) is 5.81. The third kappa shape index (κ3) is 7.67. The largest absolute Gasteiger partial charge is 0.467 e. The second-order valence-corrected chi connectivity index (χ2v) is 12.0. The molecule has 0 saturated carbocycles. The molecule has 0 spiro atoms. The number of H-pyrrole nitrogens is 1. The summed E-state index contributed by atoms with van der Waals surface area (Å²) in [7, 11) is 1.33. The van der Waals surface area contributed by atoms with Crippen LogP contribution in [0.15, 0.2) is 42.9 Å². The number of rotatable bonds is 8. The maximum absolute atomic E-state index is 13.9. The Morgan fingerprint density at radius 1 is 1.06 bits per heavy atom. The van der Waals surface area contributed by atoms with Crippen molar-refractivity contribution in [2.45, 2.75) is 25.4 Å². The standard InChI is InChI=1S/C31H32ClF3N10O4/c1-49-30-37-9-6-24(41-30)45-17-19(25(42-45)31(33,34)35)14-21-16-38-26(39-21)27(46)40-20-2-3-22(23(32)15-20)29(48)44-12-10-43(11-13-44)28(47)18-4-7-36-8-5-18/h2-3,6,9,15-18,36H,4-5,7-8,10-14H2,1H3,(H,38,39)(H,40,46). The predicted molar refractivity (Wildman–Crippen MR) is 170 cm³/mol. The number of carbonyl (C=O) groups excluding carboxylic acids is 3. The molecule has 0 radical (unpaired) electrons. The topological polar surface area (TPSA) is 163 Å². The number of aromatic amines is 1. The fourth-order valence-corrected chi connectivity index (χ4v) is 6.07. The summed E-state index contributed by atoms with van der Waals surface area (Å²) in [6, 6.07) is 5.80. The van der Waals surface area contributed by atoms with Crippen LogP contribution in [0, 0.1) is 5.92 Å². The number of nitrogens with one attached hydrogen (secondary N) is 3. The Morgan fingerprint density at radius 3 is 2.49 bits per heavy atom. The van der Waals surface area contributed by atoms with E-state index in [1.165, 1.54) is 50.0 Å². The highest BCUT2D eigenvalue weighted by molar-refractivity contribution is 6.34. The van der Waals surface area contributed by atoms with Crippen LogP contribution in [-0.2, 0) is 17.4 Å². The van der Waals surface area contributed by atoms with Gasteiger partial charge in [0.1, 0.15) is 0 Å². The van der Waals surface area contributed by atoms with Gasteiger partial charge in [0.05, 0.1) is 17.7 Å². The third-order valence-electron chi connectivity index (χ3n) is 8.34. The van der Waals surface area contributed by atoms with Gasteiger partial charge in [-0.05, 0) is 44.1 Å². The molecule has 18 heteroatoms. The minimum atomic E-state index is -4.76. The Balaban J connectivity index is 1.07. The molecule has 0 aliphatic carbocycles. The zero-order valence-electron chi connectivity index (χ0n) is 26.3. The molecule has 3 aromatic heterocycles. The summed E-state index contributed by atoms with van der Waals surface area (Å²) >= 11 is 6.46. The number of anilines is 1. The summed E-state index contributed by atoms with van der Waals surface area (Å²) in [5.41, 5.74) is -0.542. The Kier molecular flexibility index (Phi) is 9.82. The summed E-state index contributed by atoms with van der Waals surface area (Å²) in [6.07, 6.45) is 0.381. The number of carbonyl (C=O) groups is 3. The lowest BCUT2D eigenvalue weighted by Gasteiger charge is -2.37. The Hall–Kier alpha value is -5.03. The van der Waals surface area contributed by atoms with Crippen LogP contribution in [-0.4, -0.2) is 104 Å². The molecular formula is C31H32ClF3N10O4. The molecule has 2 aliphatic heterocycles. The normalized spacial score (nSPS) is 15.7. The molecular weight excluding hydrogens is 669 g/mol. The molecule has 4 aromatic rings. The molecule has 258 valence electrons. The second-order valence-electron chi connectivity index (χ2n) is 11.6. The number of ether oxygens (including phenoxy) is 1. The van der Waals surface area contributed by atoms with Crippen molar-refractivity contribution in [3.8, 4) is 11.8 Å². The van der Waals surface area contributed by atoms with Gasteiger partial charge in [0.25, 0.3) is 11.8 Å². The van der Waals surface area contributed by atoms with Gasteiger partial charge in [0.15, 0.2) is 17.3 Å². The first kappa shape index (κ1) is 33.9. The molecule has 3 N–H and O–H groups in total. The number of methoxy groups -OCH3 is 1. The number of piperidine rings is 1. The Bertz CT molecular complexity index is 1850. The number of imidazole rings is 1. The van der Waals surface area contributed by atoms with Gasteiger partial charge in [0, 0.05) is 80.1 Å². The van der Waals surface area contributed by atoms with E-state index in [0.29, 0.717) is 26.2 Å². The highest BCUT2D eigenvalue weighted by atomic mass is 35.5. The second kappa shape index (κ2) is 14.2. The average Bonchev–Trinajstić information content (AvgIpc) is 3.76. The lowest BCUT2D eigenvalue weighted by Crippen LogP contribution is -2.52. The van der Waals surface area contributed by atoms with E-state index < -0.39 is 17.8 Å². The summed E-state index contributed by atoms with van der Waals surface area (Å²) in [4.78, 5) is 57.2. The van der Waals surface area contributed by atoms with Gasteiger partial charge in [0.2, 0.25) is 5.91 Å². The minimum absolute atomic E-state index is 0.0158. The van der Waals surface area contributed by atoms with Gasteiger partial charge < -0.3 is 30.2 Å². The van der Waals surface area contributed by atoms with Gasteiger partial charge in [-0.1, -0.05) is 11.6 Å². The molecule has 2 aliphatic rings. The van der Waals surface area contributed by atoms with E-state index in [9.17, 15) is 27.6 Å². The van der Waals surface area contributed by atoms with Crippen molar-refractivity contribution in [2.24, 2.45) is 5.92 Å². The first-order valence-electron chi connectivity index (χ1n) is 15.5. The number of benzene rings is 1. The predicted octanol–water partition coefficient (Wildman–Crippen LogP) is 3.19. The maximum Gasteiger partial charge on any atom is 0.435 e. The van der Waals surface area contributed by atoms with Crippen LogP contribution in [0.2, 0.25) is 5.02 Å². The van der Waals surface area contributed by atoms with Crippen molar-refractivity contribution in [1.29, 1.82) is 0 Å². The first-order valence-corrected chi connectivity index (χ1v) is 15.8. The van der Waals surface area contributed by atoms with E-state index in [2.05, 4.69) is 35.7 Å². The molecule has 5 heterocycles. The van der Waals surface area contributed by atoms with E-state index >= 15 is 0 Å². The summed E-state index contributed by atoms with van der Waals surface area (Å²) in [5, 5.41) is 9.69. The van der Waals surface area contributed by atoms with E-state index in [1.807, 2.05) is 4.90 Å². The molecule has 0 bridgehead atoms. The van der Waals surface area contributed by atoms with E-state index in [-0.39, 0.29) is 69.3 Å². The van der Waals surface area contributed by atoms with Crippen molar-refractivity contribution in [3.63, 3.8) is 0 Å². The lowest BCUT2D eigenvalue weighted by atomic mass is 9.96. The van der Waals surface area contributed by atoms with Crippen molar-refractivity contribution in [1.82, 2.24) is 44.8 Å². The van der Waals surface area contributed by atoms with Gasteiger partial charge in [-0.15, -0.1) is 0 Å². The lowest BCUT2D eigenvalue weighted by molar-refractivity contribution is -0.142. The van der Waals surface area contributed by atoms with E-state index in [1.54, 1.807) is 4.90 Å². The smallest absolute Gasteiger partial charge is 0.435 e. The zero-order valence-corrected chi connectivity index (χ0v) is 27.0. The molecule has 49 heavy (non-hydrogen) atoms. The molecule has 2 fully saturated rings. The third-order valence-corrected chi connectivity index (χ3v) is 8.66. The van der Waals surface area contributed by atoms with Gasteiger partial charge in [-0.25, -0.2) is 14.6 Å². The van der Waals surface area contributed by atoms with Crippen LogP contribution >= 0.6 is 11.6 Å². The summed E-state index contributed by atoms with van der Waals surface area (Å²) in [6.45, 7) is 3.31. The van der Waals surface area contributed by atoms with Crippen LogP contribution in [0.4, 0.5) is 18.9 Å².